The van der Waals surface area contributed by atoms with Crippen LogP contribution in [0.3, 0.4) is 0 Å². The molecule has 2 nitrogen and oxygen atoms in total. The lowest BCUT2D eigenvalue weighted by Gasteiger charge is -2.29. The highest BCUT2D eigenvalue weighted by atomic mass is 15.2. The van der Waals surface area contributed by atoms with E-state index in [4.69, 9.17) is 0 Å². The summed E-state index contributed by atoms with van der Waals surface area (Å²) < 4.78 is 0. The van der Waals surface area contributed by atoms with Gasteiger partial charge in [-0.2, -0.15) is 0 Å². The zero-order chi connectivity index (χ0) is 13.7. The fourth-order valence-electron chi connectivity index (χ4n) is 2.98. The normalized spacial score (nSPS) is 25.6. The van der Waals surface area contributed by atoms with E-state index in [0.29, 0.717) is 6.04 Å². The molecule has 1 fully saturated rings. The summed E-state index contributed by atoms with van der Waals surface area (Å²) in [5, 5.41) is 3.60. The average molecular weight is 260 g/mol. The van der Waals surface area contributed by atoms with Gasteiger partial charge in [0, 0.05) is 25.7 Å². The average Bonchev–Trinajstić information content (AvgIpc) is 2.75. The van der Waals surface area contributed by atoms with Crippen LogP contribution in [0.15, 0.2) is 30.3 Å². The van der Waals surface area contributed by atoms with Crippen LogP contribution in [0.25, 0.3) is 0 Å². The Kier molecular flexibility index (Phi) is 5.41. The molecule has 1 aliphatic rings. The predicted octanol–water partition coefficient (Wildman–Crippen LogP) is 3.32. The van der Waals surface area contributed by atoms with E-state index in [9.17, 15) is 0 Å². The van der Waals surface area contributed by atoms with Gasteiger partial charge in [0.15, 0.2) is 0 Å². The standard InChI is InChI=1S/C17H28N2/c1-4-10-18-11-17(16-8-6-5-7-9-16)19-12-14(2)15(3)13-19/h5-9,14-15,17-18H,4,10-13H2,1-3H3. The molecule has 0 aromatic heterocycles. The van der Waals surface area contributed by atoms with Gasteiger partial charge in [0.2, 0.25) is 0 Å². The smallest absolute Gasteiger partial charge is 0.0472 e. The molecule has 2 rings (SSSR count). The molecule has 19 heavy (non-hydrogen) atoms. The van der Waals surface area contributed by atoms with Gasteiger partial charge in [0.25, 0.3) is 0 Å². The maximum absolute atomic E-state index is 3.60. The highest BCUT2D eigenvalue weighted by Crippen LogP contribution is 2.30. The highest BCUT2D eigenvalue weighted by Gasteiger charge is 2.31. The summed E-state index contributed by atoms with van der Waals surface area (Å²) >= 11 is 0. The lowest BCUT2D eigenvalue weighted by atomic mass is 10.0. The number of likely N-dealkylation sites (tertiary alicyclic amines) is 1. The number of hydrogen-bond acceptors (Lipinski definition) is 2. The van der Waals surface area contributed by atoms with E-state index in [2.05, 4.69) is 61.3 Å². The predicted molar refractivity (Wildman–Crippen MR) is 82.2 cm³/mol. The molecule has 1 aromatic carbocycles. The summed E-state index contributed by atoms with van der Waals surface area (Å²) in [4.78, 5) is 2.66. The van der Waals surface area contributed by atoms with E-state index >= 15 is 0 Å². The molecule has 3 unspecified atom stereocenters. The van der Waals surface area contributed by atoms with Crippen molar-refractivity contribution in [3.8, 4) is 0 Å². The summed E-state index contributed by atoms with van der Waals surface area (Å²) in [6.07, 6.45) is 1.20. The maximum Gasteiger partial charge on any atom is 0.0472 e. The Hall–Kier alpha value is -0.860. The van der Waals surface area contributed by atoms with Crippen molar-refractivity contribution in [3.63, 3.8) is 0 Å². The first-order valence-corrected chi connectivity index (χ1v) is 7.72. The molecule has 0 spiro atoms. The molecule has 0 radical (unpaired) electrons. The van der Waals surface area contributed by atoms with Crippen LogP contribution in [0.2, 0.25) is 0 Å². The Balaban J connectivity index is 2.06. The lowest BCUT2D eigenvalue weighted by molar-refractivity contribution is 0.228. The Morgan fingerprint density at radius 1 is 1.16 bits per heavy atom. The van der Waals surface area contributed by atoms with Gasteiger partial charge in [0.05, 0.1) is 0 Å². The van der Waals surface area contributed by atoms with Gasteiger partial charge in [-0.3, -0.25) is 4.90 Å². The van der Waals surface area contributed by atoms with E-state index in [0.717, 1.165) is 24.9 Å². The molecule has 2 heteroatoms. The molecule has 0 saturated carbocycles. The maximum atomic E-state index is 3.60. The van der Waals surface area contributed by atoms with Crippen LogP contribution >= 0.6 is 0 Å². The summed E-state index contributed by atoms with van der Waals surface area (Å²) in [5.74, 6) is 1.63. The molecule has 0 amide bonds. The van der Waals surface area contributed by atoms with Crippen molar-refractivity contribution in [2.24, 2.45) is 11.8 Å². The number of rotatable bonds is 6. The van der Waals surface area contributed by atoms with Crippen molar-refractivity contribution >= 4 is 0 Å². The van der Waals surface area contributed by atoms with Crippen LogP contribution in [0.1, 0.15) is 38.8 Å². The third kappa shape index (κ3) is 3.80. The van der Waals surface area contributed by atoms with Gasteiger partial charge in [-0.1, -0.05) is 51.1 Å². The first-order valence-electron chi connectivity index (χ1n) is 7.72. The summed E-state index contributed by atoms with van der Waals surface area (Å²) in [6.45, 7) is 11.6. The van der Waals surface area contributed by atoms with Crippen LogP contribution in [-0.2, 0) is 0 Å². The number of hydrogen-bond donors (Lipinski definition) is 1. The van der Waals surface area contributed by atoms with E-state index in [1.54, 1.807) is 0 Å². The molecule has 1 aromatic rings. The van der Waals surface area contributed by atoms with Crippen LogP contribution in [-0.4, -0.2) is 31.1 Å². The van der Waals surface area contributed by atoms with Gasteiger partial charge in [-0.15, -0.1) is 0 Å². The molecular formula is C17H28N2. The van der Waals surface area contributed by atoms with Crippen molar-refractivity contribution in [2.45, 2.75) is 33.2 Å². The molecule has 1 aliphatic heterocycles. The topological polar surface area (TPSA) is 15.3 Å². The highest BCUT2D eigenvalue weighted by molar-refractivity contribution is 5.20. The van der Waals surface area contributed by atoms with Crippen molar-refractivity contribution in [1.82, 2.24) is 10.2 Å². The zero-order valence-electron chi connectivity index (χ0n) is 12.6. The minimum Gasteiger partial charge on any atom is -0.315 e. The summed E-state index contributed by atoms with van der Waals surface area (Å²) in [5.41, 5.74) is 1.45. The Bertz CT molecular complexity index is 353. The number of benzene rings is 1. The summed E-state index contributed by atoms with van der Waals surface area (Å²) in [7, 11) is 0. The van der Waals surface area contributed by atoms with Crippen molar-refractivity contribution in [3.05, 3.63) is 35.9 Å². The fourth-order valence-corrected chi connectivity index (χ4v) is 2.98. The number of nitrogens with zero attached hydrogens (tertiary/aromatic N) is 1. The van der Waals surface area contributed by atoms with Crippen LogP contribution in [0.4, 0.5) is 0 Å². The summed E-state index contributed by atoms with van der Waals surface area (Å²) in [6, 6.07) is 11.5. The molecule has 106 valence electrons. The van der Waals surface area contributed by atoms with E-state index < -0.39 is 0 Å². The van der Waals surface area contributed by atoms with Gasteiger partial charge in [0.1, 0.15) is 0 Å². The minimum absolute atomic E-state index is 0.528. The Morgan fingerprint density at radius 2 is 1.79 bits per heavy atom. The van der Waals surface area contributed by atoms with Crippen LogP contribution < -0.4 is 5.32 Å². The third-order valence-corrected chi connectivity index (χ3v) is 4.41. The van der Waals surface area contributed by atoms with Crippen LogP contribution in [0, 0.1) is 11.8 Å². The Morgan fingerprint density at radius 3 is 2.37 bits per heavy atom. The third-order valence-electron chi connectivity index (χ3n) is 4.41. The second-order valence-corrected chi connectivity index (χ2v) is 6.04. The van der Waals surface area contributed by atoms with E-state index in [-0.39, 0.29) is 0 Å². The monoisotopic (exact) mass is 260 g/mol. The molecular weight excluding hydrogens is 232 g/mol. The van der Waals surface area contributed by atoms with E-state index in [1.807, 2.05) is 0 Å². The van der Waals surface area contributed by atoms with Gasteiger partial charge >= 0.3 is 0 Å². The Labute approximate surface area is 118 Å². The molecule has 1 saturated heterocycles. The molecule has 0 bridgehead atoms. The first-order chi connectivity index (χ1) is 9.22. The molecule has 1 heterocycles. The van der Waals surface area contributed by atoms with Gasteiger partial charge in [-0.05, 0) is 30.4 Å². The molecule has 3 atom stereocenters. The molecule has 0 aliphatic carbocycles. The quantitative estimate of drug-likeness (QED) is 0.789. The van der Waals surface area contributed by atoms with Gasteiger partial charge < -0.3 is 5.32 Å². The largest absolute Gasteiger partial charge is 0.315 e. The lowest BCUT2D eigenvalue weighted by Crippen LogP contribution is -2.35. The SMILES string of the molecule is CCCNCC(c1ccccc1)N1CC(C)C(C)C1. The van der Waals surface area contributed by atoms with Gasteiger partial charge in [-0.25, -0.2) is 0 Å². The first kappa shape index (κ1) is 14.5. The minimum atomic E-state index is 0.528. The zero-order valence-corrected chi connectivity index (χ0v) is 12.6. The molecule has 1 N–H and O–H groups in total. The second kappa shape index (κ2) is 7.06. The van der Waals surface area contributed by atoms with Crippen LogP contribution in [0.5, 0.6) is 0 Å². The fraction of sp³-hybridized carbons (Fsp3) is 0.647. The van der Waals surface area contributed by atoms with E-state index in [1.165, 1.54) is 25.1 Å². The number of nitrogens with one attached hydrogen (secondary N) is 1. The van der Waals surface area contributed by atoms with Crippen molar-refractivity contribution in [2.75, 3.05) is 26.2 Å². The van der Waals surface area contributed by atoms with Crippen molar-refractivity contribution in [1.29, 1.82) is 0 Å². The van der Waals surface area contributed by atoms with Crippen molar-refractivity contribution < 1.29 is 0 Å². The second-order valence-electron chi connectivity index (χ2n) is 6.04.